The number of hydrogen-bond donors (Lipinski definition) is 1. The SMILES string of the molecule is CC(C)(C)OC(=O)NCC1CCCCN1C(=O)c1ccc(F)cc1F. The summed E-state index contributed by atoms with van der Waals surface area (Å²) >= 11 is 0. The number of carbonyl (C=O) groups excluding carboxylic acids is 2. The number of alkyl carbamates (subject to hydrolysis) is 1. The summed E-state index contributed by atoms with van der Waals surface area (Å²) in [7, 11) is 0. The second kappa shape index (κ2) is 7.80. The predicted octanol–water partition coefficient (Wildman–Crippen LogP) is 3.48. The molecule has 1 saturated heterocycles. The highest BCUT2D eigenvalue weighted by atomic mass is 19.1. The molecular weight excluding hydrogens is 330 g/mol. The highest BCUT2D eigenvalue weighted by Gasteiger charge is 2.29. The van der Waals surface area contributed by atoms with Gasteiger partial charge in [0, 0.05) is 25.2 Å². The minimum Gasteiger partial charge on any atom is -0.444 e. The number of ether oxygens (including phenoxy) is 1. The number of nitrogens with one attached hydrogen (secondary N) is 1. The highest BCUT2D eigenvalue weighted by molar-refractivity contribution is 5.94. The maximum atomic E-state index is 13.9. The predicted molar refractivity (Wildman–Crippen MR) is 89.3 cm³/mol. The van der Waals surface area contributed by atoms with Gasteiger partial charge >= 0.3 is 6.09 Å². The van der Waals surface area contributed by atoms with Gasteiger partial charge in [0.1, 0.15) is 17.2 Å². The van der Waals surface area contributed by atoms with Crippen molar-refractivity contribution in [3.8, 4) is 0 Å². The summed E-state index contributed by atoms with van der Waals surface area (Å²) in [5.41, 5.74) is -0.769. The minimum atomic E-state index is -0.880. The molecule has 2 amide bonds. The summed E-state index contributed by atoms with van der Waals surface area (Å²) in [5.74, 6) is -2.10. The zero-order chi connectivity index (χ0) is 18.6. The second-order valence-corrected chi connectivity index (χ2v) is 7.16. The number of nitrogens with zero attached hydrogens (tertiary/aromatic N) is 1. The minimum absolute atomic E-state index is 0.162. The first kappa shape index (κ1) is 19.1. The van der Waals surface area contributed by atoms with E-state index in [0.29, 0.717) is 19.0 Å². The lowest BCUT2D eigenvalue weighted by Gasteiger charge is -2.36. The lowest BCUT2D eigenvalue weighted by atomic mass is 10.0. The van der Waals surface area contributed by atoms with Gasteiger partial charge in [-0.05, 0) is 52.2 Å². The van der Waals surface area contributed by atoms with Crippen molar-refractivity contribution in [1.82, 2.24) is 10.2 Å². The van der Waals surface area contributed by atoms with Gasteiger partial charge in [-0.25, -0.2) is 13.6 Å². The molecule has 0 radical (unpaired) electrons. The van der Waals surface area contributed by atoms with E-state index in [4.69, 9.17) is 4.74 Å². The normalized spacial score (nSPS) is 18.0. The Morgan fingerprint density at radius 3 is 2.64 bits per heavy atom. The quantitative estimate of drug-likeness (QED) is 0.904. The lowest BCUT2D eigenvalue weighted by molar-refractivity contribution is 0.0461. The summed E-state index contributed by atoms with van der Waals surface area (Å²) < 4.78 is 32.1. The number of benzene rings is 1. The van der Waals surface area contributed by atoms with E-state index in [2.05, 4.69) is 5.32 Å². The number of amides is 2. The average Bonchev–Trinajstić information content (AvgIpc) is 2.51. The zero-order valence-electron chi connectivity index (χ0n) is 14.8. The van der Waals surface area contributed by atoms with Crippen LogP contribution in [0.1, 0.15) is 50.4 Å². The fourth-order valence-electron chi connectivity index (χ4n) is 2.81. The van der Waals surface area contributed by atoms with Crippen molar-refractivity contribution in [2.24, 2.45) is 0 Å². The molecule has 0 aromatic heterocycles. The van der Waals surface area contributed by atoms with Crippen LogP contribution in [0.15, 0.2) is 18.2 Å². The third kappa shape index (κ3) is 5.41. The first-order valence-electron chi connectivity index (χ1n) is 8.40. The molecule has 1 unspecified atom stereocenters. The van der Waals surface area contributed by atoms with E-state index in [1.54, 1.807) is 20.8 Å². The average molecular weight is 354 g/mol. The molecule has 1 fully saturated rings. The standard InChI is InChI=1S/C18H24F2N2O3/c1-18(2,3)25-17(24)21-11-13-6-4-5-9-22(13)16(23)14-8-7-12(19)10-15(14)20/h7-8,10,13H,4-6,9,11H2,1-3H3,(H,21,24). The van der Waals surface area contributed by atoms with Crippen LogP contribution in [0.25, 0.3) is 0 Å². The molecule has 1 aliphatic rings. The zero-order valence-corrected chi connectivity index (χ0v) is 14.8. The summed E-state index contributed by atoms with van der Waals surface area (Å²) in [5, 5.41) is 2.66. The number of rotatable bonds is 3. The van der Waals surface area contributed by atoms with Crippen LogP contribution >= 0.6 is 0 Å². The molecule has 0 bridgehead atoms. The molecule has 7 heteroatoms. The van der Waals surface area contributed by atoms with Gasteiger partial charge in [0.2, 0.25) is 0 Å². The Kier molecular flexibility index (Phi) is 5.98. The summed E-state index contributed by atoms with van der Waals surface area (Å²) in [6.45, 7) is 5.99. The highest BCUT2D eigenvalue weighted by Crippen LogP contribution is 2.21. The van der Waals surface area contributed by atoms with Gasteiger partial charge in [-0.1, -0.05) is 0 Å². The van der Waals surface area contributed by atoms with Gasteiger partial charge < -0.3 is 15.0 Å². The van der Waals surface area contributed by atoms with E-state index in [9.17, 15) is 18.4 Å². The van der Waals surface area contributed by atoms with E-state index >= 15 is 0 Å². The van der Waals surface area contributed by atoms with Gasteiger partial charge in [-0.2, -0.15) is 0 Å². The van der Waals surface area contributed by atoms with Crippen LogP contribution in [0.4, 0.5) is 13.6 Å². The largest absolute Gasteiger partial charge is 0.444 e. The molecule has 0 spiro atoms. The Labute approximate surface area is 146 Å². The fourth-order valence-corrected chi connectivity index (χ4v) is 2.81. The number of likely N-dealkylation sites (tertiary alicyclic amines) is 1. The lowest BCUT2D eigenvalue weighted by Crippen LogP contribution is -2.50. The van der Waals surface area contributed by atoms with Crippen LogP contribution in [0, 0.1) is 11.6 Å². The van der Waals surface area contributed by atoms with Gasteiger partial charge in [0.05, 0.1) is 5.56 Å². The molecule has 5 nitrogen and oxygen atoms in total. The molecule has 1 aromatic carbocycles. The van der Waals surface area contributed by atoms with E-state index in [0.717, 1.165) is 25.0 Å². The first-order valence-corrected chi connectivity index (χ1v) is 8.40. The number of carbonyl (C=O) groups is 2. The van der Waals surface area contributed by atoms with E-state index in [-0.39, 0.29) is 18.2 Å². The Balaban J connectivity index is 2.04. The van der Waals surface area contributed by atoms with Gasteiger partial charge in [0.25, 0.3) is 5.91 Å². The third-order valence-electron chi connectivity index (χ3n) is 3.93. The van der Waals surface area contributed by atoms with E-state index < -0.39 is 29.2 Å². The fraction of sp³-hybridized carbons (Fsp3) is 0.556. The van der Waals surface area contributed by atoms with E-state index in [1.807, 2.05) is 0 Å². The van der Waals surface area contributed by atoms with Crippen LogP contribution < -0.4 is 5.32 Å². The molecule has 0 aliphatic carbocycles. The molecule has 0 saturated carbocycles. The second-order valence-electron chi connectivity index (χ2n) is 7.16. The molecule has 1 aliphatic heterocycles. The smallest absolute Gasteiger partial charge is 0.407 e. The van der Waals surface area contributed by atoms with Gasteiger partial charge in [-0.15, -0.1) is 0 Å². The topological polar surface area (TPSA) is 58.6 Å². The maximum Gasteiger partial charge on any atom is 0.407 e. The summed E-state index contributed by atoms with van der Waals surface area (Å²) in [6, 6.07) is 2.66. The van der Waals surface area contributed by atoms with Gasteiger partial charge in [-0.3, -0.25) is 4.79 Å². The van der Waals surface area contributed by atoms with Crippen LogP contribution in [-0.4, -0.2) is 41.6 Å². The van der Waals surface area contributed by atoms with Crippen molar-refractivity contribution < 1.29 is 23.1 Å². The van der Waals surface area contributed by atoms with Crippen molar-refractivity contribution in [3.05, 3.63) is 35.4 Å². The van der Waals surface area contributed by atoms with Crippen molar-refractivity contribution >= 4 is 12.0 Å². The van der Waals surface area contributed by atoms with Crippen molar-refractivity contribution in [1.29, 1.82) is 0 Å². The molecule has 2 rings (SSSR count). The van der Waals surface area contributed by atoms with Gasteiger partial charge in [0.15, 0.2) is 0 Å². The number of halogens is 2. The first-order chi connectivity index (χ1) is 11.7. The Bertz CT molecular complexity index is 644. The maximum absolute atomic E-state index is 13.9. The number of piperidine rings is 1. The van der Waals surface area contributed by atoms with Crippen LogP contribution in [-0.2, 0) is 4.74 Å². The summed E-state index contributed by atoms with van der Waals surface area (Å²) in [6.07, 6.45) is 1.86. The monoisotopic (exact) mass is 354 g/mol. The molecule has 1 heterocycles. The molecular formula is C18H24F2N2O3. The molecule has 25 heavy (non-hydrogen) atoms. The molecule has 1 N–H and O–H groups in total. The Morgan fingerprint density at radius 2 is 2.00 bits per heavy atom. The number of hydrogen-bond acceptors (Lipinski definition) is 3. The third-order valence-corrected chi connectivity index (χ3v) is 3.93. The van der Waals surface area contributed by atoms with Crippen molar-refractivity contribution in [2.45, 2.75) is 51.7 Å². The van der Waals surface area contributed by atoms with Crippen LogP contribution in [0.5, 0.6) is 0 Å². The van der Waals surface area contributed by atoms with E-state index in [1.165, 1.54) is 4.90 Å². The van der Waals surface area contributed by atoms with Crippen LogP contribution in [0.2, 0.25) is 0 Å². The molecule has 1 aromatic rings. The van der Waals surface area contributed by atoms with Crippen molar-refractivity contribution in [3.63, 3.8) is 0 Å². The molecule has 1 atom stereocenters. The Morgan fingerprint density at radius 1 is 1.28 bits per heavy atom. The summed E-state index contributed by atoms with van der Waals surface area (Å²) in [4.78, 5) is 26.0. The molecule has 138 valence electrons. The van der Waals surface area contributed by atoms with Crippen LogP contribution in [0.3, 0.4) is 0 Å². The Hall–Kier alpha value is -2.18. The van der Waals surface area contributed by atoms with Crippen molar-refractivity contribution in [2.75, 3.05) is 13.1 Å².